The molecule has 21 heavy (non-hydrogen) atoms. The molecule has 2 aromatic rings. The van der Waals surface area contributed by atoms with E-state index in [0.29, 0.717) is 19.4 Å². The Morgan fingerprint density at radius 3 is 2.90 bits per heavy atom. The third-order valence-electron chi connectivity index (χ3n) is 3.43. The van der Waals surface area contributed by atoms with Gasteiger partial charge in [0.25, 0.3) is 0 Å². The summed E-state index contributed by atoms with van der Waals surface area (Å²) in [4.78, 5) is 12.0. The largest absolute Gasteiger partial charge is 0.352 e. The zero-order valence-corrected chi connectivity index (χ0v) is 12.3. The Morgan fingerprint density at radius 2 is 2.24 bits per heavy atom. The first-order valence-corrected chi connectivity index (χ1v) is 7.04. The Bertz CT molecular complexity index is 609. The summed E-state index contributed by atoms with van der Waals surface area (Å²) in [6.07, 6.45) is 5.00. The molecular formula is C16H20FN3O. The van der Waals surface area contributed by atoms with E-state index in [1.807, 2.05) is 26.2 Å². The topological polar surface area (TPSA) is 46.9 Å². The van der Waals surface area contributed by atoms with Gasteiger partial charge in [0.2, 0.25) is 5.91 Å². The van der Waals surface area contributed by atoms with Gasteiger partial charge in [-0.05, 0) is 30.5 Å². The minimum Gasteiger partial charge on any atom is -0.352 e. The van der Waals surface area contributed by atoms with E-state index in [-0.39, 0.29) is 17.6 Å². The highest BCUT2D eigenvalue weighted by Gasteiger charge is 2.13. The molecule has 0 spiro atoms. The normalized spacial score (nSPS) is 12.1. The van der Waals surface area contributed by atoms with Crippen molar-refractivity contribution >= 4 is 5.91 Å². The maximum Gasteiger partial charge on any atom is 0.223 e. The van der Waals surface area contributed by atoms with Crippen LogP contribution in [0.2, 0.25) is 0 Å². The summed E-state index contributed by atoms with van der Waals surface area (Å²) in [5.74, 6) is -0.332. The highest BCUT2D eigenvalue weighted by molar-refractivity contribution is 5.78. The predicted molar refractivity (Wildman–Crippen MR) is 78.9 cm³/mol. The zero-order chi connectivity index (χ0) is 15.2. The van der Waals surface area contributed by atoms with Crippen LogP contribution < -0.4 is 5.32 Å². The van der Waals surface area contributed by atoms with Crippen LogP contribution in [0, 0.1) is 11.7 Å². The van der Waals surface area contributed by atoms with E-state index in [9.17, 15) is 9.18 Å². The van der Waals surface area contributed by atoms with E-state index in [1.165, 1.54) is 12.1 Å². The van der Waals surface area contributed by atoms with Gasteiger partial charge in [0.05, 0.1) is 6.20 Å². The quantitative estimate of drug-likeness (QED) is 0.888. The van der Waals surface area contributed by atoms with Crippen molar-refractivity contribution < 1.29 is 9.18 Å². The number of nitrogens with one attached hydrogen (secondary N) is 1. The van der Waals surface area contributed by atoms with Crippen LogP contribution >= 0.6 is 0 Å². The fourth-order valence-corrected chi connectivity index (χ4v) is 2.13. The van der Waals surface area contributed by atoms with E-state index in [1.54, 1.807) is 16.9 Å². The van der Waals surface area contributed by atoms with Gasteiger partial charge in [0.15, 0.2) is 0 Å². The smallest absolute Gasteiger partial charge is 0.223 e. The van der Waals surface area contributed by atoms with Crippen LogP contribution in [0.1, 0.15) is 24.5 Å². The van der Waals surface area contributed by atoms with Crippen molar-refractivity contribution in [2.24, 2.45) is 13.0 Å². The molecule has 0 bridgehead atoms. The second-order valence-electron chi connectivity index (χ2n) is 5.31. The third kappa shape index (κ3) is 4.70. The summed E-state index contributed by atoms with van der Waals surface area (Å²) >= 11 is 0. The predicted octanol–water partition coefficient (Wildman–Crippen LogP) is 2.44. The van der Waals surface area contributed by atoms with Crippen LogP contribution in [0.15, 0.2) is 36.7 Å². The minimum atomic E-state index is -0.235. The summed E-state index contributed by atoms with van der Waals surface area (Å²) < 4.78 is 14.8. The summed E-state index contributed by atoms with van der Waals surface area (Å²) in [6, 6.07) is 6.51. The van der Waals surface area contributed by atoms with Crippen molar-refractivity contribution in [1.29, 1.82) is 0 Å². The van der Waals surface area contributed by atoms with E-state index < -0.39 is 0 Å². The number of halogens is 1. The van der Waals surface area contributed by atoms with Gasteiger partial charge in [-0.1, -0.05) is 19.1 Å². The fourth-order valence-electron chi connectivity index (χ4n) is 2.13. The standard InChI is InChI=1S/C16H20FN3O/c1-12(6-7-13-4-3-5-15(17)8-13)16(21)18-9-14-10-19-20(2)11-14/h3-5,8,10-12H,6-7,9H2,1-2H3,(H,18,21). The van der Waals surface area contributed by atoms with Crippen LogP contribution in [0.25, 0.3) is 0 Å². The Morgan fingerprint density at radius 1 is 1.43 bits per heavy atom. The minimum absolute atomic E-state index is 0.00950. The van der Waals surface area contributed by atoms with Gasteiger partial charge in [0.1, 0.15) is 5.82 Å². The van der Waals surface area contributed by atoms with Gasteiger partial charge >= 0.3 is 0 Å². The lowest BCUT2D eigenvalue weighted by Crippen LogP contribution is -2.28. The lowest BCUT2D eigenvalue weighted by molar-refractivity contribution is -0.124. The van der Waals surface area contributed by atoms with Gasteiger partial charge < -0.3 is 5.32 Å². The number of benzene rings is 1. The second kappa shape index (κ2) is 7.02. The van der Waals surface area contributed by atoms with E-state index >= 15 is 0 Å². The summed E-state index contributed by atoms with van der Waals surface area (Å²) in [7, 11) is 1.84. The molecule has 1 atom stereocenters. The average molecular weight is 289 g/mol. The van der Waals surface area contributed by atoms with Gasteiger partial charge in [-0.15, -0.1) is 0 Å². The maximum absolute atomic E-state index is 13.1. The van der Waals surface area contributed by atoms with Gasteiger partial charge in [-0.2, -0.15) is 5.10 Å². The van der Waals surface area contributed by atoms with Crippen molar-refractivity contribution in [2.45, 2.75) is 26.3 Å². The number of hydrogen-bond acceptors (Lipinski definition) is 2. The molecule has 0 aliphatic carbocycles. The molecule has 5 heteroatoms. The van der Waals surface area contributed by atoms with Crippen molar-refractivity contribution in [2.75, 3.05) is 0 Å². The molecule has 1 amide bonds. The molecule has 4 nitrogen and oxygen atoms in total. The van der Waals surface area contributed by atoms with Crippen LogP contribution in [0.4, 0.5) is 4.39 Å². The number of nitrogens with zero attached hydrogens (tertiary/aromatic N) is 2. The van der Waals surface area contributed by atoms with Crippen molar-refractivity contribution in [3.63, 3.8) is 0 Å². The Kier molecular flexibility index (Phi) is 5.09. The molecule has 0 saturated heterocycles. The number of carbonyl (C=O) groups is 1. The highest BCUT2D eigenvalue weighted by atomic mass is 19.1. The summed E-state index contributed by atoms with van der Waals surface area (Å²) in [6.45, 7) is 2.37. The van der Waals surface area contributed by atoms with Crippen LogP contribution in [-0.4, -0.2) is 15.7 Å². The number of hydrogen-bond donors (Lipinski definition) is 1. The number of carbonyl (C=O) groups excluding carboxylic acids is 1. The van der Waals surface area contributed by atoms with Crippen LogP contribution in [0.5, 0.6) is 0 Å². The van der Waals surface area contributed by atoms with E-state index in [2.05, 4.69) is 10.4 Å². The third-order valence-corrected chi connectivity index (χ3v) is 3.43. The first-order chi connectivity index (χ1) is 10.0. The molecule has 1 aromatic carbocycles. The maximum atomic E-state index is 13.1. The molecule has 1 N–H and O–H groups in total. The lowest BCUT2D eigenvalue weighted by atomic mass is 10.0. The number of aryl methyl sites for hydroxylation is 2. The zero-order valence-electron chi connectivity index (χ0n) is 12.3. The SMILES string of the molecule is CC(CCc1cccc(F)c1)C(=O)NCc1cnn(C)c1. The molecular weight excluding hydrogens is 269 g/mol. The van der Waals surface area contributed by atoms with Crippen molar-refractivity contribution in [1.82, 2.24) is 15.1 Å². The van der Waals surface area contributed by atoms with Crippen LogP contribution in [0.3, 0.4) is 0 Å². The fraction of sp³-hybridized carbons (Fsp3) is 0.375. The second-order valence-corrected chi connectivity index (χ2v) is 5.31. The molecule has 0 aliphatic rings. The highest BCUT2D eigenvalue weighted by Crippen LogP contribution is 2.11. The number of amides is 1. The van der Waals surface area contributed by atoms with E-state index in [4.69, 9.17) is 0 Å². The number of rotatable bonds is 6. The Labute approximate surface area is 124 Å². The van der Waals surface area contributed by atoms with E-state index in [0.717, 1.165) is 11.1 Å². The Hall–Kier alpha value is -2.17. The monoisotopic (exact) mass is 289 g/mol. The van der Waals surface area contributed by atoms with Gasteiger partial charge in [0, 0.05) is 31.3 Å². The van der Waals surface area contributed by atoms with Crippen molar-refractivity contribution in [3.8, 4) is 0 Å². The molecule has 0 fully saturated rings. The van der Waals surface area contributed by atoms with Crippen molar-refractivity contribution in [3.05, 3.63) is 53.6 Å². The molecule has 112 valence electrons. The number of aromatic nitrogens is 2. The molecule has 0 aliphatic heterocycles. The first kappa shape index (κ1) is 15.2. The average Bonchev–Trinajstić information content (AvgIpc) is 2.88. The van der Waals surface area contributed by atoms with Crippen LogP contribution in [-0.2, 0) is 24.8 Å². The summed E-state index contributed by atoms with van der Waals surface area (Å²) in [5.41, 5.74) is 1.89. The Balaban J connectivity index is 1.77. The molecule has 1 aromatic heterocycles. The molecule has 2 rings (SSSR count). The molecule has 0 radical (unpaired) electrons. The summed E-state index contributed by atoms with van der Waals surface area (Å²) in [5, 5.41) is 6.95. The first-order valence-electron chi connectivity index (χ1n) is 7.04. The molecule has 1 heterocycles. The molecule has 0 saturated carbocycles. The van der Waals surface area contributed by atoms with Gasteiger partial charge in [-0.25, -0.2) is 4.39 Å². The van der Waals surface area contributed by atoms with Gasteiger partial charge in [-0.3, -0.25) is 9.48 Å². The lowest BCUT2D eigenvalue weighted by Gasteiger charge is -2.11. The molecule has 1 unspecified atom stereocenters.